The van der Waals surface area contributed by atoms with Crippen LogP contribution in [0, 0.1) is 6.92 Å². The summed E-state index contributed by atoms with van der Waals surface area (Å²) in [7, 11) is 0. The maximum absolute atomic E-state index is 12.2. The van der Waals surface area contributed by atoms with Crippen LogP contribution < -0.4 is 4.74 Å². The predicted octanol–water partition coefficient (Wildman–Crippen LogP) is 8.31. The molecule has 0 aromatic heterocycles. The molecule has 0 saturated heterocycles. The second-order valence-corrected chi connectivity index (χ2v) is 9.29. The van der Waals surface area contributed by atoms with Crippen molar-refractivity contribution in [1.82, 2.24) is 0 Å². The fourth-order valence-electron chi connectivity index (χ4n) is 2.50. The van der Waals surface area contributed by atoms with Gasteiger partial charge in [-0.15, -0.1) is 0 Å². The Kier molecular flexibility index (Phi) is 8.06. The van der Waals surface area contributed by atoms with Crippen molar-refractivity contribution in [3.8, 4) is 5.75 Å². The van der Waals surface area contributed by atoms with Crippen molar-refractivity contribution in [2.75, 3.05) is 0 Å². The third-order valence-corrected chi connectivity index (χ3v) is 6.21. The topological polar surface area (TPSA) is 38.7 Å². The van der Waals surface area contributed by atoms with E-state index >= 15 is 0 Å². The van der Waals surface area contributed by atoms with E-state index in [-0.39, 0.29) is 0 Å². The normalized spacial score (nSPS) is 11.4. The zero-order valence-corrected chi connectivity index (χ0v) is 21.2. The standard InChI is InChI=1S/C23H15Br3ClNO2/c1-14-20(27)3-2-4-21(14)28-13-16-11-18(25)23(19(26)12-16)30-22(29)10-7-15-5-8-17(24)9-6-15/h2-13H,1H3. The van der Waals surface area contributed by atoms with Crippen molar-refractivity contribution in [2.24, 2.45) is 4.99 Å². The molecule has 0 radical (unpaired) electrons. The van der Waals surface area contributed by atoms with Gasteiger partial charge in [0.25, 0.3) is 0 Å². The lowest BCUT2D eigenvalue weighted by molar-refractivity contribution is -0.129. The molecule has 0 fully saturated rings. The maximum Gasteiger partial charge on any atom is 0.336 e. The summed E-state index contributed by atoms with van der Waals surface area (Å²) >= 11 is 16.4. The first-order chi connectivity index (χ1) is 14.3. The highest BCUT2D eigenvalue weighted by Crippen LogP contribution is 2.35. The molecule has 3 nitrogen and oxygen atoms in total. The molecular formula is C23H15Br3ClNO2. The summed E-state index contributed by atoms with van der Waals surface area (Å²) in [6, 6.07) is 16.9. The largest absolute Gasteiger partial charge is 0.421 e. The predicted molar refractivity (Wildman–Crippen MR) is 134 cm³/mol. The number of carbonyl (C=O) groups is 1. The smallest absolute Gasteiger partial charge is 0.336 e. The van der Waals surface area contributed by atoms with Gasteiger partial charge < -0.3 is 4.74 Å². The van der Waals surface area contributed by atoms with E-state index in [1.807, 2.05) is 61.5 Å². The Morgan fingerprint density at radius 1 is 1.00 bits per heavy atom. The number of halogens is 4. The van der Waals surface area contributed by atoms with Crippen LogP contribution in [0.2, 0.25) is 5.02 Å². The Bertz CT molecular complexity index is 1120. The molecule has 152 valence electrons. The van der Waals surface area contributed by atoms with Gasteiger partial charge in [-0.05, 0) is 97.9 Å². The summed E-state index contributed by atoms with van der Waals surface area (Å²) in [5.74, 6) is -0.0770. The highest BCUT2D eigenvalue weighted by Gasteiger charge is 2.12. The highest BCUT2D eigenvalue weighted by atomic mass is 79.9. The molecule has 0 heterocycles. The zero-order valence-electron chi connectivity index (χ0n) is 15.7. The first-order valence-electron chi connectivity index (χ1n) is 8.77. The Labute approximate surface area is 205 Å². The van der Waals surface area contributed by atoms with Gasteiger partial charge in [0.1, 0.15) is 0 Å². The molecule has 3 aromatic carbocycles. The van der Waals surface area contributed by atoms with Crippen molar-refractivity contribution in [2.45, 2.75) is 6.92 Å². The third kappa shape index (κ3) is 6.14. The van der Waals surface area contributed by atoms with Crippen LogP contribution in [-0.4, -0.2) is 12.2 Å². The molecule has 0 aliphatic rings. The first-order valence-corrected chi connectivity index (χ1v) is 11.5. The second kappa shape index (κ2) is 10.5. The molecule has 0 unspecified atom stereocenters. The van der Waals surface area contributed by atoms with Gasteiger partial charge in [-0.25, -0.2) is 4.79 Å². The minimum absolute atomic E-state index is 0.400. The van der Waals surface area contributed by atoms with Crippen LogP contribution in [0.25, 0.3) is 6.08 Å². The van der Waals surface area contributed by atoms with Crippen LogP contribution in [0.4, 0.5) is 5.69 Å². The lowest BCUT2D eigenvalue weighted by atomic mass is 10.2. The van der Waals surface area contributed by atoms with E-state index in [1.165, 1.54) is 6.08 Å². The zero-order chi connectivity index (χ0) is 21.7. The quantitative estimate of drug-likeness (QED) is 0.126. The van der Waals surface area contributed by atoms with Crippen LogP contribution >= 0.6 is 59.4 Å². The molecule has 3 rings (SSSR count). The molecule has 0 bridgehead atoms. The van der Waals surface area contributed by atoms with Crippen LogP contribution in [0.1, 0.15) is 16.7 Å². The monoisotopic (exact) mass is 609 g/mol. The molecule has 0 amide bonds. The van der Waals surface area contributed by atoms with E-state index < -0.39 is 5.97 Å². The van der Waals surface area contributed by atoms with Gasteiger partial charge in [-0.2, -0.15) is 0 Å². The van der Waals surface area contributed by atoms with Crippen molar-refractivity contribution in [3.63, 3.8) is 0 Å². The van der Waals surface area contributed by atoms with Crippen molar-refractivity contribution >= 4 is 83.3 Å². The lowest BCUT2D eigenvalue weighted by Crippen LogP contribution is -2.05. The van der Waals surface area contributed by atoms with Crippen molar-refractivity contribution in [3.05, 3.63) is 95.8 Å². The summed E-state index contributed by atoms with van der Waals surface area (Å²) in [5.41, 5.74) is 3.44. The molecule has 0 saturated carbocycles. The minimum atomic E-state index is -0.477. The van der Waals surface area contributed by atoms with Crippen LogP contribution in [0.5, 0.6) is 5.75 Å². The van der Waals surface area contributed by atoms with Crippen molar-refractivity contribution in [1.29, 1.82) is 0 Å². The van der Waals surface area contributed by atoms with E-state index in [0.29, 0.717) is 19.7 Å². The number of ether oxygens (including phenoxy) is 1. The number of nitrogens with zero attached hydrogens (tertiary/aromatic N) is 1. The third-order valence-electron chi connectivity index (χ3n) is 4.10. The number of hydrogen-bond acceptors (Lipinski definition) is 3. The SMILES string of the molecule is Cc1c(Cl)cccc1N=Cc1cc(Br)c(OC(=O)C=Cc2ccc(Br)cc2)c(Br)c1. The van der Waals surface area contributed by atoms with Gasteiger partial charge in [0.2, 0.25) is 0 Å². The number of esters is 1. The van der Waals surface area contributed by atoms with Gasteiger partial charge in [-0.3, -0.25) is 4.99 Å². The molecule has 0 aliphatic heterocycles. The van der Waals surface area contributed by atoms with Crippen molar-refractivity contribution < 1.29 is 9.53 Å². The summed E-state index contributed by atoms with van der Waals surface area (Å²) < 4.78 is 7.72. The lowest BCUT2D eigenvalue weighted by Gasteiger charge is -2.08. The Hall–Kier alpha value is -1.73. The number of aliphatic imine (C=N–C) groups is 1. The Balaban J connectivity index is 1.74. The Morgan fingerprint density at radius 3 is 2.33 bits per heavy atom. The van der Waals surface area contributed by atoms with E-state index in [1.54, 1.807) is 12.3 Å². The molecule has 0 N–H and O–H groups in total. The van der Waals surface area contributed by atoms with Gasteiger partial charge in [-0.1, -0.05) is 45.7 Å². The summed E-state index contributed by atoms with van der Waals surface area (Å²) in [6.45, 7) is 1.92. The van der Waals surface area contributed by atoms with E-state index in [2.05, 4.69) is 52.8 Å². The van der Waals surface area contributed by atoms with Crippen LogP contribution in [-0.2, 0) is 4.79 Å². The minimum Gasteiger partial charge on any atom is -0.421 e. The van der Waals surface area contributed by atoms with Gasteiger partial charge in [0.05, 0.1) is 14.6 Å². The maximum atomic E-state index is 12.2. The fourth-order valence-corrected chi connectivity index (χ4v) is 4.32. The molecule has 7 heteroatoms. The van der Waals surface area contributed by atoms with Gasteiger partial charge in [0, 0.05) is 21.8 Å². The average molecular weight is 613 g/mol. The molecule has 30 heavy (non-hydrogen) atoms. The first kappa shape index (κ1) is 22.9. The molecular weight excluding hydrogens is 597 g/mol. The molecule has 0 spiro atoms. The average Bonchev–Trinajstić information content (AvgIpc) is 2.71. The summed E-state index contributed by atoms with van der Waals surface area (Å²) in [4.78, 5) is 16.7. The number of carbonyl (C=O) groups excluding carboxylic acids is 1. The molecule has 0 atom stereocenters. The fraction of sp³-hybridized carbons (Fsp3) is 0.0435. The molecule has 3 aromatic rings. The number of rotatable bonds is 5. The highest BCUT2D eigenvalue weighted by molar-refractivity contribution is 9.11. The second-order valence-electron chi connectivity index (χ2n) is 6.26. The van der Waals surface area contributed by atoms with E-state index in [4.69, 9.17) is 16.3 Å². The van der Waals surface area contributed by atoms with E-state index in [9.17, 15) is 4.79 Å². The van der Waals surface area contributed by atoms with Crippen LogP contribution in [0.15, 0.2) is 79.1 Å². The summed E-state index contributed by atoms with van der Waals surface area (Å²) in [6.07, 6.45) is 4.82. The number of hydrogen-bond donors (Lipinski definition) is 0. The summed E-state index contributed by atoms with van der Waals surface area (Å²) in [5, 5.41) is 0.672. The number of benzene rings is 3. The van der Waals surface area contributed by atoms with Gasteiger partial charge >= 0.3 is 5.97 Å². The van der Waals surface area contributed by atoms with Gasteiger partial charge in [0.15, 0.2) is 5.75 Å². The molecule has 0 aliphatic carbocycles. The van der Waals surface area contributed by atoms with E-state index in [0.717, 1.165) is 26.9 Å². The Morgan fingerprint density at radius 2 is 1.67 bits per heavy atom. The van der Waals surface area contributed by atoms with Crippen LogP contribution in [0.3, 0.4) is 0 Å².